The Kier molecular flexibility index (Phi) is 4.67. The molecule has 0 fully saturated rings. The van der Waals surface area contributed by atoms with Crippen LogP contribution in [-0.4, -0.2) is 9.97 Å². The molecule has 0 saturated heterocycles. The van der Waals surface area contributed by atoms with E-state index >= 15 is 0 Å². The van der Waals surface area contributed by atoms with Gasteiger partial charge in [-0.25, -0.2) is 0 Å². The summed E-state index contributed by atoms with van der Waals surface area (Å²) in [7, 11) is 0. The molecule has 3 heteroatoms. The fourth-order valence-corrected chi connectivity index (χ4v) is 7.12. The quantitative estimate of drug-likeness (QED) is 0.206. The normalized spacial score (nSPS) is 13.7. The van der Waals surface area contributed by atoms with Crippen LogP contribution in [0.1, 0.15) is 25.0 Å². The molecule has 1 aliphatic rings. The summed E-state index contributed by atoms with van der Waals surface area (Å²) >= 11 is 0. The van der Waals surface area contributed by atoms with Crippen LogP contribution in [0, 0.1) is 0 Å². The van der Waals surface area contributed by atoms with Gasteiger partial charge in [0.25, 0.3) is 0 Å². The first kappa shape index (κ1) is 23.4. The van der Waals surface area contributed by atoms with Gasteiger partial charge in [0.1, 0.15) is 11.2 Å². The molecule has 2 heterocycles. The van der Waals surface area contributed by atoms with Gasteiger partial charge in [-0.15, -0.1) is 0 Å². The van der Waals surface area contributed by atoms with Crippen molar-refractivity contribution < 1.29 is 4.42 Å². The van der Waals surface area contributed by atoms with E-state index in [1.54, 1.807) is 0 Å². The summed E-state index contributed by atoms with van der Waals surface area (Å²) in [6, 6.07) is 38.8. The van der Waals surface area contributed by atoms with Gasteiger partial charge in [-0.2, -0.15) is 0 Å². The van der Waals surface area contributed by atoms with Crippen LogP contribution in [0.25, 0.3) is 77.1 Å². The molecule has 0 atom stereocenters. The zero-order chi connectivity index (χ0) is 28.0. The number of aromatic nitrogens is 2. The van der Waals surface area contributed by atoms with Crippen LogP contribution in [0.4, 0.5) is 0 Å². The lowest BCUT2D eigenvalue weighted by Gasteiger charge is -2.21. The first-order chi connectivity index (χ1) is 20.6. The van der Waals surface area contributed by atoms with Gasteiger partial charge >= 0.3 is 0 Å². The monoisotopic (exact) mass is 538 g/mol. The number of para-hydroxylation sites is 1. The number of hydrogen-bond acceptors (Lipinski definition) is 3. The average molecular weight is 539 g/mol. The Hall–Kier alpha value is -5.28. The number of nitrogens with zero attached hydrogens (tertiary/aromatic N) is 2. The van der Waals surface area contributed by atoms with Gasteiger partial charge in [0.2, 0.25) is 0 Å². The maximum atomic E-state index is 6.47. The Morgan fingerprint density at radius 1 is 0.548 bits per heavy atom. The molecule has 0 N–H and O–H groups in total. The zero-order valence-corrected chi connectivity index (χ0v) is 23.3. The number of fused-ring (bicyclic) bond motifs is 10. The van der Waals surface area contributed by atoms with Gasteiger partial charge in [-0.1, -0.05) is 98.8 Å². The molecule has 8 aromatic rings. The first-order valence-corrected chi connectivity index (χ1v) is 14.4. The minimum Gasteiger partial charge on any atom is -0.456 e. The van der Waals surface area contributed by atoms with Gasteiger partial charge < -0.3 is 4.42 Å². The van der Waals surface area contributed by atoms with E-state index in [1.807, 2.05) is 18.5 Å². The second-order valence-electron chi connectivity index (χ2n) is 11.8. The molecule has 0 spiro atoms. The van der Waals surface area contributed by atoms with E-state index in [4.69, 9.17) is 14.4 Å². The van der Waals surface area contributed by atoms with Gasteiger partial charge in [-0.3, -0.25) is 9.97 Å². The van der Waals surface area contributed by atoms with E-state index in [0.717, 1.165) is 39.1 Å². The molecular weight excluding hydrogens is 512 g/mol. The summed E-state index contributed by atoms with van der Waals surface area (Å²) in [5.41, 5.74) is 10.7. The van der Waals surface area contributed by atoms with Crippen LogP contribution in [-0.2, 0) is 5.41 Å². The number of benzene rings is 6. The fourth-order valence-electron chi connectivity index (χ4n) is 7.12. The minimum atomic E-state index is -0.177. The highest BCUT2D eigenvalue weighted by Gasteiger charge is 2.38. The van der Waals surface area contributed by atoms with Gasteiger partial charge in [0.15, 0.2) is 0 Å². The molecule has 0 saturated carbocycles. The molecule has 0 aliphatic heterocycles. The standard InChI is InChI=1S/C39H26N2O/c1-39(2)33-18-15-24(20-31(33)29-16-17-30-28-13-7-8-14-36(28)42-38(30)37(29)39)34-21-41-35(22-40-34)32-19-23-9-3-4-10-25(23)26-11-5-6-12-27(26)32/h3-22H,1-2H3. The molecule has 0 unspecified atom stereocenters. The smallest absolute Gasteiger partial charge is 0.140 e. The lowest BCUT2D eigenvalue weighted by molar-refractivity contribution is 0.620. The van der Waals surface area contributed by atoms with E-state index in [1.165, 1.54) is 49.2 Å². The molecule has 1 aliphatic carbocycles. The summed E-state index contributed by atoms with van der Waals surface area (Å²) in [4.78, 5) is 9.86. The molecule has 0 amide bonds. The Balaban J connectivity index is 1.16. The third-order valence-electron chi connectivity index (χ3n) is 9.15. The van der Waals surface area contributed by atoms with Gasteiger partial charge in [0, 0.05) is 32.9 Å². The van der Waals surface area contributed by atoms with Crippen molar-refractivity contribution in [3.63, 3.8) is 0 Å². The second kappa shape index (κ2) is 8.37. The molecule has 0 radical (unpaired) electrons. The summed E-state index contributed by atoms with van der Waals surface area (Å²) in [6.45, 7) is 4.60. The highest BCUT2D eigenvalue weighted by molar-refractivity contribution is 6.13. The number of furan rings is 1. The second-order valence-corrected chi connectivity index (χ2v) is 11.8. The first-order valence-electron chi connectivity index (χ1n) is 14.4. The molecule has 198 valence electrons. The molecule has 0 bridgehead atoms. The molecule has 3 nitrogen and oxygen atoms in total. The van der Waals surface area contributed by atoms with Crippen molar-refractivity contribution in [3.8, 4) is 33.6 Å². The third-order valence-corrected chi connectivity index (χ3v) is 9.15. The van der Waals surface area contributed by atoms with Crippen molar-refractivity contribution in [2.24, 2.45) is 0 Å². The number of rotatable bonds is 2. The van der Waals surface area contributed by atoms with Crippen LogP contribution in [0.3, 0.4) is 0 Å². The predicted molar refractivity (Wildman–Crippen MR) is 173 cm³/mol. The van der Waals surface area contributed by atoms with E-state index in [9.17, 15) is 0 Å². The summed E-state index contributed by atoms with van der Waals surface area (Å²) in [5, 5.41) is 7.21. The Morgan fingerprint density at radius 2 is 1.26 bits per heavy atom. The lowest BCUT2D eigenvalue weighted by Crippen LogP contribution is -2.15. The topological polar surface area (TPSA) is 38.9 Å². The number of hydrogen-bond donors (Lipinski definition) is 0. The van der Waals surface area contributed by atoms with Crippen molar-refractivity contribution in [1.29, 1.82) is 0 Å². The molecule has 6 aromatic carbocycles. The SMILES string of the molecule is CC1(C)c2ccc(-c3cnc(-c4cc5ccccc5c5ccccc45)cn3)cc2-c2ccc3c(oc4ccccc43)c21. The van der Waals surface area contributed by atoms with E-state index < -0.39 is 0 Å². The van der Waals surface area contributed by atoms with Crippen LogP contribution in [0.15, 0.2) is 126 Å². The van der Waals surface area contributed by atoms with Gasteiger partial charge in [0.05, 0.1) is 23.8 Å². The summed E-state index contributed by atoms with van der Waals surface area (Å²) in [5.74, 6) is 0. The molecular formula is C39H26N2O. The fraction of sp³-hybridized carbons (Fsp3) is 0.0769. The summed E-state index contributed by atoms with van der Waals surface area (Å²) in [6.07, 6.45) is 3.82. The average Bonchev–Trinajstić information content (AvgIpc) is 3.52. The maximum absolute atomic E-state index is 6.47. The van der Waals surface area contributed by atoms with Gasteiger partial charge in [-0.05, 0) is 62.5 Å². The largest absolute Gasteiger partial charge is 0.456 e. The summed E-state index contributed by atoms with van der Waals surface area (Å²) < 4.78 is 6.47. The van der Waals surface area contributed by atoms with Crippen LogP contribution in [0.5, 0.6) is 0 Å². The maximum Gasteiger partial charge on any atom is 0.140 e. The van der Waals surface area contributed by atoms with E-state index in [0.29, 0.717) is 0 Å². The van der Waals surface area contributed by atoms with E-state index in [-0.39, 0.29) is 5.41 Å². The van der Waals surface area contributed by atoms with Crippen molar-refractivity contribution in [2.75, 3.05) is 0 Å². The molecule has 2 aromatic heterocycles. The van der Waals surface area contributed by atoms with Crippen molar-refractivity contribution in [1.82, 2.24) is 9.97 Å². The van der Waals surface area contributed by atoms with Crippen molar-refractivity contribution >= 4 is 43.5 Å². The van der Waals surface area contributed by atoms with Crippen LogP contribution < -0.4 is 0 Å². The minimum absolute atomic E-state index is 0.177. The Bertz CT molecular complexity index is 2380. The lowest BCUT2D eigenvalue weighted by atomic mass is 9.81. The highest BCUT2D eigenvalue weighted by Crippen LogP contribution is 2.53. The predicted octanol–water partition coefficient (Wildman–Crippen LogP) is 10.3. The Morgan fingerprint density at radius 3 is 2.10 bits per heavy atom. The van der Waals surface area contributed by atoms with E-state index in [2.05, 4.69) is 117 Å². The van der Waals surface area contributed by atoms with Crippen LogP contribution >= 0.6 is 0 Å². The van der Waals surface area contributed by atoms with Crippen LogP contribution in [0.2, 0.25) is 0 Å². The highest BCUT2D eigenvalue weighted by atomic mass is 16.3. The zero-order valence-electron chi connectivity index (χ0n) is 23.3. The molecule has 42 heavy (non-hydrogen) atoms. The Labute approximate surface area is 243 Å². The third kappa shape index (κ3) is 3.16. The van der Waals surface area contributed by atoms with Crippen molar-refractivity contribution in [2.45, 2.75) is 19.3 Å². The molecule has 9 rings (SSSR count). The van der Waals surface area contributed by atoms with Crippen molar-refractivity contribution in [3.05, 3.63) is 133 Å².